The molecule has 0 aliphatic heterocycles. The minimum atomic E-state index is -0.599. The average Bonchev–Trinajstić information content (AvgIpc) is 2.62. The summed E-state index contributed by atoms with van der Waals surface area (Å²) in [5.41, 5.74) is 0.154. The van der Waals surface area contributed by atoms with E-state index in [0.29, 0.717) is 12.4 Å². The predicted octanol–water partition coefficient (Wildman–Crippen LogP) is 0.891. The second kappa shape index (κ2) is 4.61. The fraction of sp³-hybridized carbons (Fsp3) is 0.286. The Balaban J connectivity index is 2.66. The molecule has 0 bridgehead atoms. The summed E-state index contributed by atoms with van der Waals surface area (Å²) >= 11 is 5.36. The van der Waals surface area contributed by atoms with Gasteiger partial charge in [-0.1, -0.05) is 0 Å². The highest BCUT2D eigenvalue weighted by atomic mass is 35.5. The summed E-state index contributed by atoms with van der Waals surface area (Å²) in [4.78, 5) is 23.3. The predicted molar refractivity (Wildman–Crippen MR) is 50.5 cm³/mol. The van der Waals surface area contributed by atoms with Gasteiger partial charge in [0.2, 0.25) is 0 Å². The van der Waals surface area contributed by atoms with Crippen molar-refractivity contribution in [2.45, 2.75) is 0 Å². The summed E-state index contributed by atoms with van der Waals surface area (Å²) in [5, 5.41) is 12.7. The maximum atomic E-state index is 11.2. The first-order valence-corrected chi connectivity index (χ1v) is 4.36. The number of aromatic amines is 1. The molecule has 1 amide bonds. The van der Waals surface area contributed by atoms with Crippen molar-refractivity contribution in [2.75, 3.05) is 12.4 Å². The van der Waals surface area contributed by atoms with E-state index in [1.165, 1.54) is 12.1 Å². The molecule has 0 aliphatic rings. The largest absolute Gasteiger partial charge is 0.358 e. The van der Waals surface area contributed by atoms with Crippen molar-refractivity contribution in [3.63, 3.8) is 0 Å². The van der Waals surface area contributed by atoms with Crippen LogP contribution >= 0.6 is 11.6 Å². The number of hydrogen-bond acceptors (Lipinski definition) is 3. The Morgan fingerprint density at radius 3 is 2.86 bits per heavy atom. The van der Waals surface area contributed by atoms with Gasteiger partial charge >= 0.3 is 5.82 Å². The van der Waals surface area contributed by atoms with Gasteiger partial charge in [-0.15, -0.1) is 11.6 Å². The Bertz CT molecular complexity index is 350. The standard InChI is InChI=1S/C7H8ClN3O3/c8-3-4-9-7(12)5-1-2-6(10-5)11(13)14/h1-2,10H,3-4H2,(H,9,12). The summed E-state index contributed by atoms with van der Waals surface area (Å²) in [7, 11) is 0. The number of nitrogens with zero attached hydrogens (tertiary/aromatic N) is 1. The molecule has 6 nitrogen and oxygen atoms in total. The Kier molecular flexibility index (Phi) is 3.47. The smallest absolute Gasteiger partial charge is 0.321 e. The minimum absolute atomic E-state index is 0.154. The summed E-state index contributed by atoms with van der Waals surface area (Å²) in [6.45, 7) is 0.327. The van der Waals surface area contributed by atoms with Crippen LogP contribution in [0.2, 0.25) is 0 Å². The summed E-state index contributed by atoms with van der Waals surface area (Å²) in [6.07, 6.45) is 0. The summed E-state index contributed by atoms with van der Waals surface area (Å²) < 4.78 is 0. The van der Waals surface area contributed by atoms with Gasteiger partial charge < -0.3 is 15.4 Å². The van der Waals surface area contributed by atoms with Crippen LogP contribution in [0, 0.1) is 10.1 Å². The topological polar surface area (TPSA) is 88.0 Å². The van der Waals surface area contributed by atoms with Gasteiger partial charge in [-0.3, -0.25) is 4.79 Å². The molecule has 1 aromatic heterocycles. The number of carbonyl (C=O) groups excluding carboxylic acids is 1. The molecular weight excluding hydrogens is 210 g/mol. The zero-order chi connectivity index (χ0) is 10.6. The molecule has 1 heterocycles. The zero-order valence-electron chi connectivity index (χ0n) is 7.12. The highest BCUT2D eigenvalue weighted by Gasteiger charge is 2.14. The summed E-state index contributed by atoms with van der Waals surface area (Å²) in [6, 6.07) is 2.58. The molecule has 0 spiro atoms. The normalized spacial score (nSPS) is 9.79. The van der Waals surface area contributed by atoms with E-state index in [-0.39, 0.29) is 11.5 Å². The molecule has 7 heteroatoms. The van der Waals surface area contributed by atoms with Gasteiger partial charge in [-0.05, 0) is 11.0 Å². The maximum Gasteiger partial charge on any atom is 0.321 e. The number of amides is 1. The van der Waals surface area contributed by atoms with Crippen molar-refractivity contribution >= 4 is 23.3 Å². The third-order valence-electron chi connectivity index (χ3n) is 1.49. The van der Waals surface area contributed by atoms with Gasteiger partial charge in [0.25, 0.3) is 5.91 Å². The molecule has 76 valence electrons. The van der Waals surface area contributed by atoms with Crippen molar-refractivity contribution in [1.29, 1.82) is 0 Å². The quantitative estimate of drug-likeness (QED) is 0.446. The fourth-order valence-electron chi connectivity index (χ4n) is 0.879. The molecule has 1 aromatic rings. The van der Waals surface area contributed by atoms with Crippen LogP contribution in [-0.4, -0.2) is 28.2 Å². The van der Waals surface area contributed by atoms with E-state index in [2.05, 4.69) is 10.3 Å². The first-order valence-electron chi connectivity index (χ1n) is 3.82. The first kappa shape index (κ1) is 10.5. The number of hydrogen-bond donors (Lipinski definition) is 2. The van der Waals surface area contributed by atoms with E-state index in [0.717, 1.165) is 0 Å². The number of alkyl halides is 1. The molecule has 0 saturated carbocycles. The van der Waals surface area contributed by atoms with Crippen molar-refractivity contribution in [3.05, 3.63) is 27.9 Å². The van der Waals surface area contributed by atoms with Crippen molar-refractivity contribution in [1.82, 2.24) is 10.3 Å². The second-order valence-corrected chi connectivity index (χ2v) is 2.84. The Hall–Kier alpha value is -1.56. The molecule has 1 rings (SSSR count). The SMILES string of the molecule is O=C(NCCCl)c1ccc([N+](=O)[O-])[nH]1. The van der Waals surface area contributed by atoms with E-state index in [4.69, 9.17) is 11.6 Å². The molecule has 14 heavy (non-hydrogen) atoms. The number of carbonyl (C=O) groups is 1. The third kappa shape index (κ3) is 2.46. The Labute approximate surface area is 84.4 Å². The third-order valence-corrected chi connectivity index (χ3v) is 1.68. The lowest BCUT2D eigenvalue weighted by atomic mass is 10.4. The van der Waals surface area contributed by atoms with Crippen LogP contribution in [-0.2, 0) is 0 Å². The van der Waals surface area contributed by atoms with E-state index in [9.17, 15) is 14.9 Å². The van der Waals surface area contributed by atoms with Gasteiger partial charge in [-0.2, -0.15) is 0 Å². The molecule has 0 unspecified atom stereocenters. The molecular formula is C7H8ClN3O3. The molecule has 2 N–H and O–H groups in total. The monoisotopic (exact) mass is 217 g/mol. The van der Waals surface area contributed by atoms with Gasteiger partial charge in [0, 0.05) is 18.5 Å². The van der Waals surface area contributed by atoms with E-state index >= 15 is 0 Å². The van der Waals surface area contributed by atoms with E-state index in [1.807, 2.05) is 0 Å². The molecule has 0 aliphatic carbocycles. The highest BCUT2D eigenvalue weighted by molar-refractivity contribution is 6.18. The zero-order valence-corrected chi connectivity index (χ0v) is 7.87. The van der Waals surface area contributed by atoms with Crippen LogP contribution in [0.1, 0.15) is 10.5 Å². The van der Waals surface area contributed by atoms with Crippen LogP contribution < -0.4 is 5.32 Å². The lowest BCUT2D eigenvalue weighted by molar-refractivity contribution is -0.389. The lowest BCUT2D eigenvalue weighted by Crippen LogP contribution is -2.25. The number of nitrogens with one attached hydrogen (secondary N) is 2. The van der Waals surface area contributed by atoms with Crippen LogP contribution in [0.5, 0.6) is 0 Å². The number of rotatable bonds is 4. The summed E-state index contributed by atoms with van der Waals surface area (Å²) in [5.74, 6) is -0.311. The molecule has 0 fully saturated rings. The van der Waals surface area contributed by atoms with E-state index < -0.39 is 10.8 Å². The van der Waals surface area contributed by atoms with Crippen LogP contribution in [0.15, 0.2) is 12.1 Å². The Morgan fingerprint density at radius 2 is 2.36 bits per heavy atom. The lowest BCUT2D eigenvalue weighted by Gasteiger charge is -1.96. The molecule has 0 aromatic carbocycles. The molecule has 0 radical (unpaired) electrons. The van der Waals surface area contributed by atoms with Crippen LogP contribution in [0.3, 0.4) is 0 Å². The van der Waals surface area contributed by atoms with Crippen LogP contribution in [0.4, 0.5) is 5.82 Å². The molecule has 0 saturated heterocycles. The van der Waals surface area contributed by atoms with Gasteiger partial charge in [0.05, 0.1) is 0 Å². The number of H-pyrrole nitrogens is 1. The van der Waals surface area contributed by atoms with E-state index in [1.54, 1.807) is 0 Å². The number of nitro groups is 1. The number of aromatic nitrogens is 1. The average molecular weight is 218 g/mol. The fourth-order valence-corrected chi connectivity index (χ4v) is 0.973. The van der Waals surface area contributed by atoms with Crippen LogP contribution in [0.25, 0.3) is 0 Å². The highest BCUT2D eigenvalue weighted by Crippen LogP contribution is 2.09. The maximum absolute atomic E-state index is 11.2. The van der Waals surface area contributed by atoms with Crippen molar-refractivity contribution in [3.8, 4) is 0 Å². The molecule has 0 atom stereocenters. The van der Waals surface area contributed by atoms with Crippen molar-refractivity contribution < 1.29 is 9.72 Å². The first-order chi connectivity index (χ1) is 6.65. The number of halogens is 1. The second-order valence-electron chi connectivity index (χ2n) is 2.46. The van der Waals surface area contributed by atoms with Gasteiger partial charge in [0.1, 0.15) is 0 Å². The van der Waals surface area contributed by atoms with Gasteiger partial charge in [-0.25, -0.2) is 4.98 Å². The Morgan fingerprint density at radius 1 is 1.64 bits per heavy atom. The minimum Gasteiger partial charge on any atom is -0.358 e. The van der Waals surface area contributed by atoms with Crippen molar-refractivity contribution in [2.24, 2.45) is 0 Å². The van der Waals surface area contributed by atoms with Gasteiger partial charge in [0.15, 0.2) is 5.69 Å².